The molecule has 2 rings (SSSR count). The predicted molar refractivity (Wildman–Crippen MR) is 62.2 cm³/mol. The van der Waals surface area contributed by atoms with Crippen LogP contribution in [0.2, 0.25) is 0 Å². The molecule has 5 nitrogen and oxygen atoms in total. The van der Waals surface area contributed by atoms with Gasteiger partial charge in [-0.05, 0) is 6.92 Å². The van der Waals surface area contributed by atoms with E-state index in [0.29, 0.717) is 12.3 Å². The van der Waals surface area contributed by atoms with Gasteiger partial charge in [-0.1, -0.05) is 5.16 Å². The van der Waals surface area contributed by atoms with Gasteiger partial charge in [0.05, 0.1) is 18.3 Å². The third-order valence-corrected chi connectivity index (χ3v) is 3.41. The minimum Gasteiger partial charge on any atom is -0.359 e. The van der Waals surface area contributed by atoms with Crippen molar-refractivity contribution < 1.29 is 9.32 Å². The van der Waals surface area contributed by atoms with Gasteiger partial charge in [-0.15, -0.1) is 0 Å². The number of aryl methyl sites for hydroxylation is 1. The molecule has 1 aliphatic heterocycles. The SMILES string of the molecule is Cc1cc(CNC(=O)C2CSCCN2)on1. The topological polar surface area (TPSA) is 67.2 Å². The Morgan fingerprint density at radius 1 is 1.81 bits per heavy atom. The number of rotatable bonds is 3. The zero-order chi connectivity index (χ0) is 11.4. The van der Waals surface area contributed by atoms with Crippen LogP contribution in [0.25, 0.3) is 0 Å². The quantitative estimate of drug-likeness (QED) is 0.797. The van der Waals surface area contributed by atoms with Crippen molar-refractivity contribution in [1.29, 1.82) is 0 Å². The van der Waals surface area contributed by atoms with Crippen LogP contribution >= 0.6 is 11.8 Å². The number of thioether (sulfide) groups is 1. The summed E-state index contributed by atoms with van der Waals surface area (Å²) in [5.41, 5.74) is 0.829. The van der Waals surface area contributed by atoms with Gasteiger partial charge in [0.25, 0.3) is 0 Å². The summed E-state index contributed by atoms with van der Waals surface area (Å²) in [6.07, 6.45) is 0. The van der Waals surface area contributed by atoms with E-state index in [0.717, 1.165) is 23.7 Å². The number of amides is 1. The molecule has 1 aromatic heterocycles. The Bertz CT molecular complexity index is 361. The number of carbonyl (C=O) groups excluding carboxylic acids is 1. The monoisotopic (exact) mass is 241 g/mol. The fourth-order valence-corrected chi connectivity index (χ4v) is 2.46. The molecule has 0 bridgehead atoms. The van der Waals surface area contributed by atoms with Gasteiger partial charge in [0.1, 0.15) is 0 Å². The number of carbonyl (C=O) groups is 1. The van der Waals surface area contributed by atoms with Crippen LogP contribution in [0.4, 0.5) is 0 Å². The van der Waals surface area contributed by atoms with Gasteiger partial charge in [0, 0.05) is 24.1 Å². The molecule has 1 aromatic rings. The fourth-order valence-electron chi connectivity index (χ4n) is 1.53. The summed E-state index contributed by atoms with van der Waals surface area (Å²) < 4.78 is 5.01. The van der Waals surface area contributed by atoms with Crippen molar-refractivity contribution in [2.24, 2.45) is 0 Å². The summed E-state index contributed by atoms with van der Waals surface area (Å²) in [6.45, 7) is 3.15. The summed E-state index contributed by atoms with van der Waals surface area (Å²) in [5, 5.41) is 9.78. The van der Waals surface area contributed by atoms with Crippen LogP contribution in [-0.4, -0.2) is 35.2 Å². The smallest absolute Gasteiger partial charge is 0.238 e. The molecular formula is C10H15N3O2S. The zero-order valence-corrected chi connectivity index (χ0v) is 9.97. The predicted octanol–water partition coefficient (Wildman–Crippen LogP) is 0.304. The Kier molecular flexibility index (Phi) is 3.84. The minimum absolute atomic E-state index is 0.0289. The van der Waals surface area contributed by atoms with Crippen molar-refractivity contribution in [2.75, 3.05) is 18.1 Å². The van der Waals surface area contributed by atoms with Gasteiger partial charge in [0.15, 0.2) is 5.76 Å². The van der Waals surface area contributed by atoms with Gasteiger partial charge < -0.3 is 15.2 Å². The highest BCUT2D eigenvalue weighted by Crippen LogP contribution is 2.08. The first-order valence-corrected chi connectivity index (χ1v) is 6.42. The molecule has 0 aliphatic carbocycles. The number of hydrogen-bond acceptors (Lipinski definition) is 5. The lowest BCUT2D eigenvalue weighted by atomic mass is 10.3. The normalized spacial score (nSPS) is 20.7. The first-order chi connectivity index (χ1) is 7.75. The van der Waals surface area contributed by atoms with Gasteiger partial charge in [-0.3, -0.25) is 4.79 Å². The molecule has 2 heterocycles. The standard InChI is InChI=1S/C10H15N3O2S/c1-7-4-8(15-13-7)5-12-10(14)9-6-16-3-2-11-9/h4,9,11H,2-3,5-6H2,1H3,(H,12,14). The first-order valence-electron chi connectivity index (χ1n) is 5.27. The van der Waals surface area contributed by atoms with E-state index in [1.165, 1.54) is 0 Å². The van der Waals surface area contributed by atoms with Crippen LogP contribution in [0, 0.1) is 6.92 Å². The van der Waals surface area contributed by atoms with Crippen molar-refractivity contribution in [3.05, 3.63) is 17.5 Å². The van der Waals surface area contributed by atoms with E-state index in [4.69, 9.17) is 4.52 Å². The van der Waals surface area contributed by atoms with Crippen LogP contribution in [0.5, 0.6) is 0 Å². The molecule has 16 heavy (non-hydrogen) atoms. The van der Waals surface area contributed by atoms with E-state index < -0.39 is 0 Å². The van der Waals surface area contributed by atoms with E-state index in [1.807, 2.05) is 13.0 Å². The molecule has 0 radical (unpaired) electrons. The number of aromatic nitrogens is 1. The maximum absolute atomic E-state index is 11.7. The molecule has 1 unspecified atom stereocenters. The van der Waals surface area contributed by atoms with Crippen LogP contribution in [-0.2, 0) is 11.3 Å². The summed E-state index contributed by atoms with van der Waals surface area (Å²) in [5.74, 6) is 2.63. The fraction of sp³-hybridized carbons (Fsp3) is 0.600. The van der Waals surface area contributed by atoms with Gasteiger partial charge in [-0.2, -0.15) is 11.8 Å². The minimum atomic E-state index is -0.0808. The molecule has 0 aromatic carbocycles. The third-order valence-electron chi connectivity index (χ3n) is 2.35. The van der Waals surface area contributed by atoms with E-state index >= 15 is 0 Å². The van der Waals surface area contributed by atoms with Crippen LogP contribution in [0.15, 0.2) is 10.6 Å². The van der Waals surface area contributed by atoms with Crippen LogP contribution < -0.4 is 10.6 Å². The average Bonchev–Trinajstić information content (AvgIpc) is 2.73. The second-order valence-corrected chi connectivity index (χ2v) is 4.88. The molecule has 1 saturated heterocycles. The van der Waals surface area contributed by atoms with E-state index in [2.05, 4.69) is 15.8 Å². The van der Waals surface area contributed by atoms with Crippen molar-refractivity contribution >= 4 is 17.7 Å². The van der Waals surface area contributed by atoms with Gasteiger partial charge in [0.2, 0.25) is 5.91 Å². The lowest BCUT2D eigenvalue weighted by Crippen LogP contribution is -2.48. The summed E-state index contributed by atoms with van der Waals surface area (Å²) in [7, 11) is 0. The molecule has 1 amide bonds. The Balaban J connectivity index is 1.78. The van der Waals surface area contributed by atoms with Crippen molar-refractivity contribution in [3.63, 3.8) is 0 Å². The Morgan fingerprint density at radius 3 is 3.31 bits per heavy atom. The molecule has 1 fully saturated rings. The van der Waals surface area contributed by atoms with Crippen LogP contribution in [0.1, 0.15) is 11.5 Å². The first kappa shape index (κ1) is 11.5. The Labute approximate surface area is 98.3 Å². The Morgan fingerprint density at radius 2 is 2.69 bits per heavy atom. The zero-order valence-electron chi connectivity index (χ0n) is 9.16. The highest BCUT2D eigenvalue weighted by molar-refractivity contribution is 7.99. The molecule has 1 aliphatic rings. The average molecular weight is 241 g/mol. The molecular weight excluding hydrogens is 226 g/mol. The lowest BCUT2D eigenvalue weighted by molar-refractivity contribution is -0.122. The second kappa shape index (κ2) is 5.36. The molecule has 0 spiro atoms. The van der Waals surface area contributed by atoms with Crippen molar-refractivity contribution in [3.8, 4) is 0 Å². The third kappa shape index (κ3) is 2.99. The highest BCUT2D eigenvalue weighted by atomic mass is 32.2. The highest BCUT2D eigenvalue weighted by Gasteiger charge is 2.20. The largest absolute Gasteiger partial charge is 0.359 e. The van der Waals surface area contributed by atoms with E-state index in [1.54, 1.807) is 11.8 Å². The molecule has 1 atom stereocenters. The van der Waals surface area contributed by atoms with Gasteiger partial charge in [-0.25, -0.2) is 0 Å². The number of hydrogen-bond donors (Lipinski definition) is 2. The van der Waals surface area contributed by atoms with Crippen molar-refractivity contribution in [2.45, 2.75) is 19.5 Å². The lowest BCUT2D eigenvalue weighted by Gasteiger charge is -2.21. The summed E-state index contributed by atoms with van der Waals surface area (Å²) in [4.78, 5) is 11.7. The maximum Gasteiger partial charge on any atom is 0.238 e. The van der Waals surface area contributed by atoms with Crippen molar-refractivity contribution in [1.82, 2.24) is 15.8 Å². The molecule has 0 saturated carbocycles. The van der Waals surface area contributed by atoms with Gasteiger partial charge >= 0.3 is 0 Å². The second-order valence-electron chi connectivity index (χ2n) is 3.73. The Hall–Kier alpha value is -1.01. The molecule has 2 N–H and O–H groups in total. The number of nitrogens with one attached hydrogen (secondary N) is 2. The summed E-state index contributed by atoms with van der Waals surface area (Å²) >= 11 is 1.80. The molecule has 88 valence electrons. The van der Waals surface area contributed by atoms with E-state index in [9.17, 15) is 4.79 Å². The number of nitrogens with zero attached hydrogens (tertiary/aromatic N) is 1. The maximum atomic E-state index is 11.7. The molecule has 6 heteroatoms. The summed E-state index contributed by atoms with van der Waals surface area (Å²) in [6, 6.07) is 1.74. The van der Waals surface area contributed by atoms with Crippen LogP contribution in [0.3, 0.4) is 0 Å². The van der Waals surface area contributed by atoms with E-state index in [-0.39, 0.29) is 11.9 Å².